The van der Waals surface area contributed by atoms with Crippen LogP contribution in [0.1, 0.15) is 36.0 Å². The highest BCUT2D eigenvalue weighted by molar-refractivity contribution is 9.11. The predicted molar refractivity (Wildman–Crippen MR) is 113 cm³/mol. The van der Waals surface area contributed by atoms with E-state index in [4.69, 9.17) is 0 Å². The molecule has 1 aromatic carbocycles. The molecule has 0 bridgehead atoms. The first-order valence-corrected chi connectivity index (χ1v) is 10.4. The van der Waals surface area contributed by atoms with Gasteiger partial charge in [0.15, 0.2) is 5.13 Å². The van der Waals surface area contributed by atoms with Crippen LogP contribution in [0.4, 0.5) is 10.1 Å². The lowest BCUT2D eigenvalue weighted by Gasteiger charge is -2.18. The van der Waals surface area contributed by atoms with Crippen molar-refractivity contribution in [2.75, 3.05) is 5.32 Å². The van der Waals surface area contributed by atoms with Gasteiger partial charge in [-0.05, 0) is 33.0 Å². The number of benzene rings is 1. The summed E-state index contributed by atoms with van der Waals surface area (Å²) in [5.41, 5.74) is 2.98. The molecule has 27 heavy (non-hydrogen) atoms. The normalized spacial score (nSPS) is 11.4. The molecule has 0 aliphatic heterocycles. The third-order valence-electron chi connectivity index (χ3n) is 3.83. The van der Waals surface area contributed by atoms with Crippen LogP contribution in [0.15, 0.2) is 40.2 Å². The Morgan fingerprint density at radius 1 is 1.15 bits per heavy atom. The van der Waals surface area contributed by atoms with Crippen molar-refractivity contribution >= 4 is 54.6 Å². The van der Waals surface area contributed by atoms with Gasteiger partial charge in [-0.3, -0.25) is 20.2 Å². The van der Waals surface area contributed by atoms with E-state index in [1.807, 2.05) is 12.1 Å². The Bertz CT molecular complexity index is 1000. The molecule has 0 unspecified atom stereocenters. The zero-order chi connectivity index (χ0) is 19.8. The molecule has 3 aromatic rings. The second-order valence-corrected chi connectivity index (χ2v) is 10.2. The van der Waals surface area contributed by atoms with Gasteiger partial charge in [0.2, 0.25) is 0 Å². The van der Waals surface area contributed by atoms with Crippen LogP contribution in [0.25, 0.3) is 11.3 Å². The molecule has 1 N–H and O–H groups in total. The van der Waals surface area contributed by atoms with Crippen molar-refractivity contribution in [2.45, 2.75) is 26.2 Å². The zero-order valence-corrected chi connectivity index (χ0v) is 18.0. The zero-order valence-electron chi connectivity index (χ0n) is 14.8. The van der Waals surface area contributed by atoms with E-state index in [0.29, 0.717) is 5.13 Å². The van der Waals surface area contributed by atoms with E-state index in [2.05, 4.69) is 59.1 Å². The van der Waals surface area contributed by atoms with E-state index >= 15 is 0 Å². The minimum Gasteiger partial charge on any atom is -0.297 e. The fourth-order valence-electron chi connectivity index (χ4n) is 2.37. The summed E-state index contributed by atoms with van der Waals surface area (Å²) in [6.45, 7) is 6.47. The molecule has 6 nitrogen and oxygen atoms in total. The Morgan fingerprint density at radius 3 is 2.37 bits per heavy atom. The molecule has 0 aliphatic carbocycles. The first-order chi connectivity index (χ1) is 12.6. The highest BCUT2D eigenvalue weighted by Gasteiger charge is 2.19. The van der Waals surface area contributed by atoms with Gasteiger partial charge in [-0.2, -0.15) is 0 Å². The first kappa shape index (κ1) is 19.7. The van der Waals surface area contributed by atoms with E-state index < -0.39 is 10.8 Å². The van der Waals surface area contributed by atoms with Gasteiger partial charge >= 0.3 is 5.00 Å². The second-order valence-electron chi connectivity index (χ2n) is 6.82. The average molecular weight is 466 g/mol. The van der Waals surface area contributed by atoms with Gasteiger partial charge in [0, 0.05) is 11.6 Å². The first-order valence-electron chi connectivity index (χ1n) is 7.98. The van der Waals surface area contributed by atoms with Crippen LogP contribution in [0, 0.1) is 10.1 Å². The number of thiophene rings is 1. The van der Waals surface area contributed by atoms with Crippen LogP contribution in [-0.2, 0) is 5.41 Å². The van der Waals surface area contributed by atoms with E-state index in [1.165, 1.54) is 29.0 Å². The lowest BCUT2D eigenvalue weighted by molar-refractivity contribution is -0.380. The summed E-state index contributed by atoms with van der Waals surface area (Å²) in [4.78, 5) is 27.3. The van der Waals surface area contributed by atoms with E-state index in [9.17, 15) is 14.9 Å². The molecular formula is C18H16BrN3O3S2. The molecule has 0 aliphatic rings. The van der Waals surface area contributed by atoms with Crippen molar-refractivity contribution in [3.8, 4) is 11.3 Å². The summed E-state index contributed by atoms with van der Waals surface area (Å²) >= 11 is 5.63. The summed E-state index contributed by atoms with van der Waals surface area (Å²) < 4.78 is 0.804. The number of thiazole rings is 1. The minimum atomic E-state index is -0.513. The molecule has 0 saturated heterocycles. The molecule has 9 heteroatoms. The molecule has 2 heterocycles. The average Bonchev–Trinajstić information content (AvgIpc) is 3.21. The minimum absolute atomic E-state index is 0.0694. The smallest absolute Gasteiger partial charge is 0.297 e. The molecule has 0 spiro atoms. The molecule has 1 amide bonds. The number of anilines is 1. The Hall–Kier alpha value is -2.10. The number of nitrogens with one attached hydrogen (secondary N) is 1. The van der Waals surface area contributed by atoms with Gasteiger partial charge in [-0.1, -0.05) is 67.7 Å². The molecular weight excluding hydrogens is 450 g/mol. The van der Waals surface area contributed by atoms with Crippen LogP contribution in [0.2, 0.25) is 0 Å². The lowest BCUT2D eigenvalue weighted by atomic mass is 9.86. The molecule has 0 radical (unpaired) electrons. The number of hydrogen-bond acceptors (Lipinski definition) is 6. The Morgan fingerprint density at radius 2 is 1.81 bits per heavy atom. The number of carbonyl (C=O) groups excluding carboxylic acids is 1. The fourth-order valence-corrected chi connectivity index (χ4v) is 4.57. The quantitative estimate of drug-likeness (QED) is 0.372. The van der Waals surface area contributed by atoms with Crippen molar-refractivity contribution in [3.05, 3.63) is 60.7 Å². The molecule has 3 rings (SSSR count). The summed E-state index contributed by atoms with van der Waals surface area (Å²) in [5.74, 6) is -0.413. The van der Waals surface area contributed by atoms with E-state index in [0.717, 1.165) is 26.4 Å². The number of hydrogen-bond donors (Lipinski definition) is 1. The Labute approximate surface area is 172 Å². The van der Waals surface area contributed by atoms with Gasteiger partial charge in [-0.15, -0.1) is 0 Å². The summed E-state index contributed by atoms with van der Waals surface area (Å²) in [5, 5.41) is 13.8. The van der Waals surface area contributed by atoms with Crippen LogP contribution >= 0.6 is 38.6 Å². The summed E-state index contributed by atoms with van der Waals surface area (Å²) in [7, 11) is 0. The fraction of sp³-hybridized carbons (Fsp3) is 0.222. The SMILES string of the molecule is CC(C)(C)c1ccc(-c2nc(NC(=O)c3ccc([N+](=O)[O-])s3)sc2Br)cc1. The Balaban J connectivity index is 1.79. The molecule has 0 saturated carbocycles. The highest BCUT2D eigenvalue weighted by atomic mass is 79.9. The van der Waals surface area contributed by atoms with Crippen LogP contribution < -0.4 is 5.32 Å². The number of rotatable bonds is 4. The molecule has 0 fully saturated rings. The van der Waals surface area contributed by atoms with Gasteiger partial charge in [0.1, 0.15) is 0 Å². The summed E-state index contributed by atoms with van der Waals surface area (Å²) in [6.07, 6.45) is 0. The van der Waals surface area contributed by atoms with Gasteiger partial charge in [0.05, 0.1) is 19.3 Å². The topological polar surface area (TPSA) is 85.1 Å². The van der Waals surface area contributed by atoms with Crippen molar-refractivity contribution in [1.29, 1.82) is 0 Å². The number of nitrogens with zero attached hydrogens (tertiary/aromatic N) is 2. The van der Waals surface area contributed by atoms with Crippen molar-refractivity contribution in [1.82, 2.24) is 4.98 Å². The predicted octanol–water partition coefficient (Wildman–Crippen LogP) is 6.09. The third-order valence-corrected chi connectivity index (χ3v) is 6.48. The van der Waals surface area contributed by atoms with Crippen LogP contribution in [0.3, 0.4) is 0 Å². The van der Waals surface area contributed by atoms with E-state index in [1.54, 1.807) is 0 Å². The molecule has 0 atom stereocenters. The Kier molecular flexibility index (Phi) is 5.45. The number of amides is 1. The van der Waals surface area contributed by atoms with Gasteiger partial charge in [0.25, 0.3) is 5.91 Å². The van der Waals surface area contributed by atoms with E-state index in [-0.39, 0.29) is 15.3 Å². The maximum atomic E-state index is 12.3. The molecule has 2 aromatic heterocycles. The van der Waals surface area contributed by atoms with Crippen molar-refractivity contribution in [2.24, 2.45) is 0 Å². The van der Waals surface area contributed by atoms with Gasteiger partial charge in [-0.25, -0.2) is 4.98 Å². The third kappa shape index (κ3) is 4.42. The number of aromatic nitrogens is 1. The number of halogens is 1. The lowest BCUT2D eigenvalue weighted by Crippen LogP contribution is -2.10. The maximum absolute atomic E-state index is 12.3. The standard InChI is InChI=1S/C18H16BrN3O3S2/c1-18(2,3)11-6-4-10(5-7-11)14-15(19)27-17(20-14)21-16(23)12-8-9-13(26-12)22(24)25/h4-9H,1-3H3,(H,20,21,23). The van der Waals surface area contributed by atoms with Gasteiger partial charge < -0.3 is 0 Å². The summed E-state index contributed by atoms with van der Waals surface area (Å²) in [6, 6.07) is 10.9. The van der Waals surface area contributed by atoms with Crippen molar-refractivity contribution < 1.29 is 9.72 Å². The van der Waals surface area contributed by atoms with Crippen LogP contribution in [0.5, 0.6) is 0 Å². The monoisotopic (exact) mass is 465 g/mol. The largest absolute Gasteiger partial charge is 0.324 e. The second kappa shape index (κ2) is 7.49. The molecule has 140 valence electrons. The maximum Gasteiger partial charge on any atom is 0.324 e. The highest BCUT2D eigenvalue weighted by Crippen LogP contribution is 2.37. The van der Waals surface area contributed by atoms with Crippen molar-refractivity contribution in [3.63, 3.8) is 0 Å². The number of carbonyl (C=O) groups is 1. The van der Waals surface area contributed by atoms with Crippen LogP contribution in [-0.4, -0.2) is 15.8 Å². The number of nitro groups is 1.